The van der Waals surface area contributed by atoms with Crippen LogP contribution in [0, 0.1) is 34.5 Å². The van der Waals surface area contributed by atoms with E-state index in [2.05, 4.69) is 20.8 Å². The Morgan fingerprint density at radius 2 is 1.78 bits per heavy atom. The molecule has 0 heterocycles. The Labute approximate surface area is 166 Å². The number of Topliss-reactive ketones (excluding diaryl/α,β-unsaturated/α-hetero) is 1. The number of unbranched alkanes of at least 4 members (excludes halogenated alkanes) is 3. The maximum absolute atomic E-state index is 12.6. The smallest absolute Gasteiger partial charge is 0.139 e. The molecule has 4 rings (SSSR count). The van der Waals surface area contributed by atoms with Crippen molar-refractivity contribution >= 4 is 5.78 Å². The Morgan fingerprint density at radius 1 is 0.963 bits per heavy atom. The molecule has 1 N–H and O–H groups in total. The minimum atomic E-state index is -0.392. The fourth-order valence-electron chi connectivity index (χ4n) is 8.20. The first-order valence-electron chi connectivity index (χ1n) is 12.1. The Balaban J connectivity index is 1.45. The van der Waals surface area contributed by atoms with Crippen LogP contribution >= 0.6 is 0 Å². The van der Waals surface area contributed by atoms with Crippen LogP contribution in [0.25, 0.3) is 0 Å². The van der Waals surface area contributed by atoms with Gasteiger partial charge < -0.3 is 5.11 Å². The summed E-state index contributed by atoms with van der Waals surface area (Å²) in [6.07, 6.45) is 16.3. The molecule has 0 spiro atoms. The predicted molar refractivity (Wildman–Crippen MR) is 110 cm³/mol. The molecule has 0 aliphatic heterocycles. The average molecular weight is 375 g/mol. The van der Waals surface area contributed by atoms with Crippen molar-refractivity contribution in [2.24, 2.45) is 34.5 Å². The average Bonchev–Trinajstić information content (AvgIpc) is 2.95. The number of hydrogen-bond donors (Lipinski definition) is 1. The van der Waals surface area contributed by atoms with Crippen LogP contribution in [0.15, 0.2) is 0 Å². The molecule has 0 bridgehead atoms. The zero-order chi connectivity index (χ0) is 19.3. The summed E-state index contributed by atoms with van der Waals surface area (Å²) in [6, 6.07) is 0. The van der Waals surface area contributed by atoms with Crippen molar-refractivity contribution in [1.82, 2.24) is 0 Å². The van der Waals surface area contributed by atoms with E-state index in [4.69, 9.17) is 0 Å². The normalized spacial score (nSPS) is 49.4. The molecule has 4 fully saturated rings. The molecule has 154 valence electrons. The molecule has 0 aromatic carbocycles. The zero-order valence-electron chi connectivity index (χ0n) is 18.1. The van der Waals surface area contributed by atoms with Crippen molar-refractivity contribution in [3.8, 4) is 0 Å². The highest BCUT2D eigenvalue weighted by Crippen LogP contribution is 2.66. The summed E-state index contributed by atoms with van der Waals surface area (Å²) in [6.45, 7) is 7.10. The summed E-state index contributed by atoms with van der Waals surface area (Å²) in [4.78, 5) is 12.6. The van der Waals surface area contributed by atoms with Crippen molar-refractivity contribution in [3.05, 3.63) is 0 Å². The second-order valence-electron chi connectivity index (χ2n) is 11.3. The standard InChI is InChI=1S/C25H42O2/c1-4-5-6-7-13-25(27)16-15-23(2)18(17-25)8-9-19-20-10-11-22(26)24(20,3)14-12-21(19)23/h18-21,27H,4-17H2,1-3H3/t18?,19?,20?,21?,23-,24-,25+/m0/s1. The van der Waals surface area contributed by atoms with Gasteiger partial charge in [0.2, 0.25) is 0 Å². The van der Waals surface area contributed by atoms with Gasteiger partial charge in [0.1, 0.15) is 5.78 Å². The van der Waals surface area contributed by atoms with Gasteiger partial charge >= 0.3 is 0 Å². The maximum Gasteiger partial charge on any atom is 0.139 e. The fraction of sp³-hybridized carbons (Fsp3) is 0.960. The minimum Gasteiger partial charge on any atom is -0.390 e. The summed E-state index contributed by atoms with van der Waals surface area (Å²) in [5.74, 6) is 3.47. The SMILES string of the molecule is CCCCCC[C@@]1(O)CC[C@@]2(C)C(CCC3C2CC[C@]2(C)C(=O)CCC32)C1. The third-order valence-electron chi connectivity index (χ3n) is 10.0. The van der Waals surface area contributed by atoms with E-state index in [0.29, 0.717) is 23.0 Å². The molecule has 4 unspecified atom stereocenters. The number of carbonyl (C=O) groups is 1. The van der Waals surface area contributed by atoms with E-state index in [-0.39, 0.29) is 5.41 Å². The third kappa shape index (κ3) is 3.22. The third-order valence-corrected chi connectivity index (χ3v) is 10.0. The van der Waals surface area contributed by atoms with Crippen LogP contribution in [0.1, 0.15) is 111 Å². The maximum atomic E-state index is 12.6. The van der Waals surface area contributed by atoms with Crippen LogP contribution < -0.4 is 0 Å². The molecule has 2 heteroatoms. The predicted octanol–water partition coefficient (Wildman–Crippen LogP) is 6.30. The highest BCUT2D eigenvalue weighted by atomic mass is 16.3. The van der Waals surface area contributed by atoms with Gasteiger partial charge in [-0.2, -0.15) is 0 Å². The van der Waals surface area contributed by atoms with Gasteiger partial charge in [0.25, 0.3) is 0 Å². The minimum absolute atomic E-state index is 0.000948. The van der Waals surface area contributed by atoms with E-state index in [1.807, 2.05) is 0 Å². The second-order valence-corrected chi connectivity index (χ2v) is 11.3. The Morgan fingerprint density at radius 3 is 2.56 bits per heavy atom. The first-order valence-corrected chi connectivity index (χ1v) is 12.1. The monoisotopic (exact) mass is 374 g/mol. The lowest BCUT2D eigenvalue weighted by molar-refractivity contribution is -0.155. The molecule has 2 nitrogen and oxygen atoms in total. The number of ketones is 1. The lowest BCUT2D eigenvalue weighted by Gasteiger charge is -2.61. The van der Waals surface area contributed by atoms with Crippen molar-refractivity contribution < 1.29 is 9.90 Å². The van der Waals surface area contributed by atoms with Crippen LogP contribution in [-0.4, -0.2) is 16.5 Å². The van der Waals surface area contributed by atoms with Gasteiger partial charge in [-0.05, 0) is 86.9 Å². The molecule has 0 amide bonds. The van der Waals surface area contributed by atoms with Gasteiger partial charge in [-0.3, -0.25) is 4.79 Å². The van der Waals surface area contributed by atoms with E-state index in [0.717, 1.165) is 50.4 Å². The topological polar surface area (TPSA) is 37.3 Å². The van der Waals surface area contributed by atoms with E-state index < -0.39 is 5.60 Å². The first-order chi connectivity index (χ1) is 12.8. The van der Waals surface area contributed by atoms with Crippen molar-refractivity contribution in [1.29, 1.82) is 0 Å². The van der Waals surface area contributed by atoms with Crippen LogP contribution in [0.5, 0.6) is 0 Å². The Hall–Kier alpha value is -0.370. The van der Waals surface area contributed by atoms with E-state index >= 15 is 0 Å². The molecule has 0 aromatic rings. The number of aliphatic hydroxyl groups is 1. The van der Waals surface area contributed by atoms with Crippen molar-refractivity contribution in [2.45, 2.75) is 116 Å². The number of hydrogen-bond acceptors (Lipinski definition) is 2. The van der Waals surface area contributed by atoms with E-state index in [1.54, 1.807) is 0 Å². The number of fused-ring (bicyclic) bond motifs is 5. The Bertz CT molecular complexity index is 571. The van der Waals surface area contributed by atoms with Gasteiger partial charge in [-0.15, -0.1) is 0 Å². The van der Waals surface area contributed by atoms with E-state index in [1.165, 1.54) is 51.4 Å². The van der Waals surface area contributed by atoms with Gasteiger partial charge in [0, 0.05) is 11.8 Å². The molecule has 0 aromatic heterocycles. The highest BCUT2D eigenvalue weighted by Gasteiger charge is 2.61. The van der Waals surface area contributed by atoms with Crippen molar-refractivity contribution in [3.63, 3.8) is 0 Å². The number of carbonyl (C=O) groups excluding carboxylic acids is 1. The molecule has 0 radical (unpaired) electrons. The quantitative estimate of drug-likeness (QED) is 0.573. The van der Waals surface area contributed by atoms with E-state index in [9.17, 15) is 9.90 Å². The number of rotatable bonds is 5. The molecule has 27 heavy (non-hydrogen) atoms. The fourth-order valence-corrected chi connectivity index (χ4v) is 8.20. The first kappa shape index (κ1) is 19.9. The van der Waals surface area contributed by atoms with Gasteiger partial charge in [-0.25, -0.2) is 0 Å². The lowest BCUT2D eigenvalue weighted by Crippen LogP contribution is -2.56. The second kappa shape index (κ2) is 7.15. The van der Waals surface area contributed by atoms with Crippen molar-refractivity contribution in [2.75, 3.05) is 0 Å². The van der Waals surface area contributed by atoms with Crippen LogP contribution in [0.2, 0.25) is 0 Å². The summed E-state index contributed by atoms with van der Waals surface area (Å²) in [5.41, 5.74) is 0.0157. The summed E-state index contributed by atoms with van der Waals surface area (Å²) < 4.78 is 0. The van der Waals surface area contributed by atoms with Crippen LogP contribution in [0.4, 0.5) is 0 Å². The lowest BCUT2D eigenvalue weighted by atomic mass is 9.44. The van der Waals surface area contributed by atoms with Crippen LogP contribution in [-0.2, 0) is 4.79 Å². The molecule has 4 saturated carbocycles. The largest absolute Gasteiger partial charge is 0.390 e. The van der Waals surface area contributed by atoms with Gasteiger partial charge in [0.15, 0.2) is 0 Å². The van der Waals surface area contributed by atoms with Gasteiger partial charge in [0.05, 0.1) is 5.60 Å². The molecule has 4 aliphatic rings. The van der Waals surface area contributed by atoms with Gasteiger partial charge in [-0.1, -0.05) is 46.5 Å². The van der Waals surface area contributed by atoms with Crippen LogP contribution in [0.3, 0.4) is 0 Å². The zero-order valence-corrected chi connectivity index (χ0v) is 18.1. The molecule has 0 saturated heterocycles. The molecular formula is C25H42O2. The molecule has 4 aliphatic carbocycles. The molecule has 7 atom stereocenters. The highest BCUT2D eigenvalue weighted by molar-refractivity contribution is 5.87. The Kier molecular flexibility index (Phi) is 5.28. The summed E-state index contributed by atoms with van der Waals surface area (Å²) in [5, 5.41) is 11.3. The summed E-state index contributed by atoms with van der Waals surface area (Å²) in [7, 11) is 0. The molecular weight excluding hydrogens is 332 g/mol. The summed E-state index contributed by atoms with van der Waals surface area (Å²) >= 11 is 0.